The molecule has 0 aliphatic rings. The number of halogens is 2. The predicted octanol–water partition coefficient (Wildman–Crippen LogP) is 4.73. The summed E-state index contributed by atoms with van der Waals surface area (Å²) in [5, 5.41) is 12.9. The topological polar surface area (TPSA) is 45.0 Å². The number of benzene rings is 2. The normalized spacial score (nSPS) is 9.79. The number of nitriles is 1. The molecule has 0 amide bonds. The van der Waals surface area contributed by atoms with Crippen LogP contribution in [0.5, 0.6) is 5.75 Å². The van der Waals surface area contributed by atoms with Gasteiger partial charge in [0.25, 0.3) is 0 Å². The third kappa shape index (κ3) is 3.19. The van der Waals surface area contributed by atoms with Gasteiger partial charge in [-0.2, -0.15) is 5.26 Å². The average Bonchev–Trinajstić information content (AvgIpc) is 2.42. The van der Waals surface area contributed by atoms with Crippen LogP contribution in [0.3, 0.4) is 0 Å². The van der Waals surface area contributed by atoms with Gasteiger partial charge < -0.3 is 10.1 Å². The maximum absolute atomic E-state index is 9.12. The molecule has 0 spiro atoms. The smallest absolute Gasteiger partial charge is 0.121 e. The molecule has 19 heavy (non-hydrogen) atoms. The number of hydrogen-bond acceptors (Lipinski definition) is 3. The molecule has 0 aliphatic carbocycles. The molecule has 5 heteroatoms. The molecule has 0 aliphatic heterocycles. The minimum Gasteiger partial charge on any atom is -0.497 e. The number of nitrogens with one attached hydrogen (secondary N) is 1. The second kappa shape index (κ2) is 5.96. The molecule has 0 heterocycles. The van der Waals surface area contributed by atoms with Gasteiger partial charge in [-0.25, -0.2) is 0 Å². The van der Waals surface area contributed by atoms with E-state index in [0.717, 1.165) is 10.2 Å². The predicted molar refractivity (Wildman–Crippen MR) is 80.1 cm³/mol. The molecule has 0 saturated carbocycles. The van der Waals surface area contributed by atoms with E-state index in [9.17, 15) is 0 Å². The van der Waals surface area contributed by atoms with Crippen molar-refractivity contribution >= 4 is 38.9 Å². The minimum absolute atomic E-state index is 0.535. The average molecular weight is 338 g/mol. The van der Waals surface area contributed by atoms with Crippen molar-refractivity contribution in [2.75, 3.05) is 12.4 Å². The second-order valence-electron chi connectivity index (χ2n) is 3.77. The molecule has 2 rings (SSSR count). The molecule has 2 aromatic rings. The van der Waals surface area contributed by atoms with Crippen LogP contribution in [0, 0.1) is 11.3 Å². The van der Waals surface area contributed by atoms with Crippen molar-refractivity contribution in [1.29, 1.82) is 5.26 Å². The lowest BCUT2D eigenvalue weighted by molar-refractivity contribution is 0.415. The van der Waals surface area contributed by atoms with Gasteiger partial charge in [0.15, 0.2) is 0 Å². The van der Waals surface area contributed by atoms with E-state index in [0.29, 0.717) is 22.0 Å². The lowest BCUT2D eigenvalue weighted by atomic mass is 10.1. The molecule has 0 radical (unpaired) electrons. The summed E-state index contributed by atoms with van der Waals surface area (Å²) < 4.78 is 6.02. The van der Waals surface area contributed by atoms with Crippen molar-refractivity contribution in [3.8, 4) is 11.8 Å². The maximum atomic E-state index is 9.12. The number of ether oxygens (including phenoxy) is 1. The third-order valence-corrected chi connectivity index (χ3v) is 3.47. The monoisotopic (exact) mass is 336 g/mol. The molecule has 0 fully saturated rings. The zero-order valence-corrected chi connectivity index (χ0v) is 12.4. The van der Waals surface area contributed by atoms with Crippen LogP contribution in [-0.2, 0) is 0 Å². The Labute approximate surface area is 124 Å². The van der Waals surface area contributed by atoms with Gasteiger partial charge in [-0.05, 0) is 46.3 Å². The summed E-state index contributed by atoms with van der Waals surface area (Å²) in [4.78, 5) is 0. The molecular formula is C14H10BrClN2O. The molecule has 0 unspecified atom stereocenters. The largest absolute Gasteiger partial charge is 0.497 e. The van der Waals surface area contributed by atoms with Gasteiger partial charge in [-0.3, -0.25) is 0 Å². The Balaban J connectivity index is 2.42. The zero-order valence-electron chi connectivity index (χ0n) is 10.1. The lowest BCUT2D eigenvalue weighted by Crippen LogP contribution is -1.95. The zero-order chi connectivity index (χ0) is 13.8. The van der Waals surface area contributed by atoms with Crippen molar-refractivity contribution in [2.24, 2.45) is 0 Å². The summed E-state index contributed by atoms with van der Waals surface area (Å²) in [6.07, 6.45) is 0. The molecule has 0 saturated heterocycles. The van der Waals surface area contributed by atoms with Crippen LogP contribution in [0.15, 0.2) is 40.9 Å². The highest BCUT2D eigenvalue weighted by molar-refractivity contribution is 9.10. The Morgan fingerprint density at radius 2 is 2.00 bits per heavy atom. The van der Waals surface area contributed by atoms with Gasteiger partial charge in [0.2, 0.25) is 0 Å². The first-order valence-electron chi connectivity index (χ1n) is 5.44. The maximum Gasteiger partial charge on any atom is 0.121 e. The highest BCUT2D eigenvalue weighted by atomic mass is 79.9. The highest BCUT2D eigenvalue weighted by Crippen LogP contribution is 2.31. The number of methoxy groups -OCH3 is 1. The molecule has 0 atom stereocenters. The van der Waals surface area contributed by atoms with Crippen LogP contribution in [0.2, 0.25) is 5.02 Å². The quantitative estimate of drug-likeness (QED) is 0.881. The number of anilines is 2. The fourth-order valence-electron chi connectivity index (χ4n) is 1.59. The van der Waals surface area contributed by atoms with Crippen molar-refractivity contribution in [1.82, 2.24) is 0 Å². The van der Waals surface area contributed by atoms with Crippen molar-refractivity contribution in [2.45, 2.75) is 0 Å². The molecule has 1 N–H and O–H groups in total. The van der Waals surface area contributed by atoms with Gasteiger partial charge in [0.1, 0.15) is 11.8 Å². The SMILES string of the molecule is COc1ccc(C#N)c(Nc2cc(Cl)ccc2Br)c1. The first-order valence-corrected chi connectivity index (χ1v) is 6.61. The number of rotatable bonds is 3. The van der Waals surface area contributed by atoms with E-state index in [-0.39, 0.29) is 0 Å². The molecule has 3 nitrogen and oxygen atoms in total. The van der Waals surface area contributed by atoms with Gasteiger partial charge in [-0.15, -0.1) is 0 Å². The van der Waals surface area contributed by atoms with Crippen LogP contribution < -0.4 is 10.1 Å². The second-order valence-corrected chi connectivity index (χ2v) is 5.06. The lowest BCUT2D eigenvalue weighted by Gasteiger charge is -2.11. The van der Waals surface area contributed by atoms with E-state index < -0.39 is 0 Å². The van der Waals surface area contributed by atoms with Gasteiger partial charge in [-0.1, -0.05) is 11.6 Å². The van der Waals surface area contributed by atoms with Crippen LogP contribution in [0.4, 0.5) is 11.4 Å². The minimum atomic E-state index is 0.535. The van der Waals surface area contributed by atoms with Crippen LogP contribution in [-0.4, -0.2) is 7.11 Å². The van der Waals surface area contributed by atoms with E-state index in [1.54, 1.807) is 37.4 Å². The fraction of sp³-hybridized carbons (Fsp3) is 0.0714. The Hall–Kier alpha value is -1.70. The van der Waals surface area contributed by atoms with Crippen LogP contribution in [0.1, 0.15) is 5.56 Å². The molecule has 0 aromatic heterocycles. The van der Waals surface area contributed by atoms with E-state index in [2.05, 4.69) is 27.3 Å². The summed E-state index contributed by atoms with van der Waals surface area (Å²) in [5.74, 6) is 0.680. The Kier molecular flexibility index (Phi) is 4.31. The van der Waals surface area contributed by atoms with Gasteiger partial charge in [0, 0.05) is 15.6 Å². The Morgan fingerprint density at radius 3 is 2.68 bits per heavy atom. The van der Waals surface area contributed by atoms with Crippen molar-refractivity contribution < 1.29 is 4.74 Å². The number of hydrogen-bond donors (Lipinski definition) is 1. The molecular weight excluding hydrogens is 328 g/mol. The molecule has 0 bridgehead atoms. The van der Waals surface area contributed by atoms with E-state index in [1.165, 1.54) is 0 Å². The van der Waals surface area contributed by atoms with Gasteiger partial charge in [0.05, 0.1) is 24.0 Å². The number of nitrogens with zero attached hydrogens (tertiary/aromatic N) is 1. The first kappa shape index (κ1) is 13.7. The van der Waals surface area contributed by atoms with Crippen LogP contribution >= 0.6 is 27.5 Å². The summed E-state index contributed by atoms with van der Waals surface area (Å²) in [7, 11) is 1.58. The van der Waals surface area contributed by atoms with Gasteiger partial charge >= 0.3 is 0 Å². The Morgan fingerprint density at radius 1 is 1.21 bits per heavy atom. The first-order chi connectivity index (χ1) is 9.13. The fourth-order valence-corrected chi connectivity index (χ4v) is 2.11. The van der Waals surface area contributed by atoms with Crippen molar-refractivity contribution in [3.05, 3.63) is 51.5 Å². The Bertz CT molecular complexity index is 652. The molecule has 96 valence electrons. The van der Waals surface area contributed by atoms with E-state index in [4.69, 9.17) is 21.6 Å². The highest BCUT2D eigenvalue weighted by Gasteiger charge is 2.07. The summed E-state index contributed by atoms with van der Waals surface area (Å²) in [6.45, 7) is 0. The summed E-state index contributed by atoms with van der Waals surface area (Å²) >= 11 is 9.40. The molecule has 2 aromatic carbocycles. The third-order valence-electron chi connectivity index (χ3n) is 2.54. The summed E-state index contributed by atoms with van der Waals surface area (Å²) in [6, 6.07) is 12.8. The standard InChI is InChI=1S/C14H10BrClN2O/c1-19-11-4-2-9(8-17)13(7-11)18-14-6-10(16)3-5-12(14)15/h2-7,18H,1H3. The van der Waals surface area contributed by atoms with Crippen LogP contribution in [0.25, 0.3) is 0 Å². The van der Waals surface area contributed by atoms with Crippen molar-refractivity contribution in [3.63, 3.8) is 0 Å². The van der Waals surface area contributed by atoms with E-state index in [1.807, 2.05) is 6.07 Å². The van der Waals surface area contributed by atoms with E-state index >= 15 is 0 Å². The summed E-state index contributed by atoms with van der Waals surface area (Å²) in [5.41, 5.74) is 2.00.